The molecular weight excluding hydrogens is 177 g/mol. The fourth-order valence-electron chi connectivity index (χ4n) is 1.06. The first-order valence-electron chi connectivity index (χ1n) is 5.28. The Morgan fingerprint density at radius 1 is 1.29 bits per heavy atom. The van der Waals surface area contributed by atoms with Gasteiger partial charge in [0.15, 0.2) is 0 Å². The van der Waals surface area contributed by atoms with Crippen LogP contribution in [0.5, 0.6) is 0 Å². The van der Waals surface area contributed by atoms with E-state index in [4.69, 9.17) is 0 Å². The Hall–Kier alpha value is -0.890. The van der Waals surface area contributed by atoms with Crippen LogP contribution >= 0.6 is 0 Å². The van der Waals surface area contributed by atoms with Gasteiger partial charge >= 0.3 is 0 Å². The van der Waals surface area contributed by atoms with Crippen molar-refractivity contribution in [1.82, 2.24) is 5.32 Å². The zero-order valence-electron chi connectivity index (χ0n) is 9.31. The molecule has 0 heterocycles. The first-order chi connectivity index (χ1) is 6.83. The average Bonchev–Trinajstić information content (AvgIpc) is 2.21. The first-order valence-corrected chi connectivity index (χ1v) is 5.28. The van der Waals surface area contributed by atoms with Gasteiger partial charge in [-0.3, -0.25) is 0 Å². The molecule has 0 aliphatic heterocycles. The molecule has 0 aromatic heterocycles. The highest BCUT2D eigenvalue weighted by Gasteiger charge is 1.93. The lowest BCUT2D eigenvalue weighted by molar-refractivity contribution is 0.619. The van der Waals surface area contributed by atoms with Crippen LogP contribution in [-0.2, 0) is 6.54 Å². The van der Waals surface area contributed by atoms with Gasteiger partial charge in [0.2, 0.25) is 0 Å². The molecule has 1 rings (SSSR count). The number of halogens is 1. The number of benzene rings is 1. The van der Waals surface area contributed by atoms with Crippen molar-refractivity contribution in [2.24, 2.45) is 0 Å². The van der Waals surface area contributed by atoms with Crippen molar-refractivity contribution >= 4 is 0 Å². The second-order valence-corrected chi connectivity index (χ2v) is 2.81. The highest BCUT2D eigenvalue weighted by molar-refractivity contribution is 5.15. The molecule has 0 unspecified atom stereocenters. The molecule has 0 amide bonds. The molecule has 0 saturated heterocycles. The molecule has 0 spiro atoms. The maximum atomic E-state index is 12.6. The lowest BCUT2D eigenvalue weighted by Gasteiger charge is -2.02. The second-order valence-electron chi connectivity index (χ2n) is 2.81. The smallest absolute Gasteiger partial charge is 0.123 e. The average molecular weight is 197 g/mol. The summed E-state index contributed by atoms with van der Waals surface area (Å²) in [6.07, 6.45) is 1.11. The Labute approximate surface area is 86.3 Å². The second kappa shape index (κ2) is 8.70. The van der Waals surface area contributed by atoms with Crippen LogP contribution < -0.4 is 5.32 Å². The Bertz CT molecular complexity index is 236. The van der Waals surface area contributed by atoms with Crippen LogP contribution in [-0.4, -0.2) is 6.54 Å². The third-order valence-electron chi connectivity index (χ3n) is 1.64. The van der Waals surface area contributed by atoms with Crippen LogP contribution in [0.4, 0.5) is 4.39 Å². The van der Waals surface area contributed by atoms with Gasteiger partial charge in [-0.05, 0) is 30.7 Å². The zero-order valence-corrected chi connectivity index (χ0v) is 9.31. The van der Waals surface area contributed by atoms with Gasteiger partial charge < -0.3 is 5.32 Å². The molecule has 0 fully saturated rings. The number of hydrogen-bond acceptors (Lipinski definition) is 1. The molecule has 0 aliphatic carbocycles. The molecule has 0 atom stereocenters. The summed E-state index contributed by atoms with van der Waals surface area (Å²) < 4.78 is 12.6. The third kappa shape index (κ3) is 5.70. The van der Waals surface area contributed by atoms with E-state index in [0.29, 0.717) is 0 Å². The van der Waals surface area contributed by atoms with E-state index < -0.39 is 0 Å². The zero-order chi connectivity index (χ0) is 10.8. The number of nitrogens with one attached hydrogen (secondary N) is 1. The van der Waals surface area contributed by atoms with E-state index in [-0.39, 0.29) is 5.82 Å². The van der Waals surface area contributed by atoms with Gasteiger partial charge in [0.05, 0.1) is 0 Å². The molecule has 1 aromatic rings. The lowest BCUT2D eigenvalue weighted by atomic mass is 10.2. The fraction of sp³-hybridized carbons (Fsp3) is 0.500. The highest BCUT2D eigenvalue weighted by atomic mass is 19.1. The van der Waals surface area contributed by atoms with Gasteiger partial charge in [0.1, 0.15) is 5.82 Å². The number of hydrogen-bond donors (Lipinski definition) is 1. The van der Waals surface area contributed by atoms with E-state index in [0.717, 1.165) is 25.1 Å². The Balaban J connectivity index is 0.000000791. The van der Waals surface area contributed by atoms with E-state index >= 15 is 0 Å². The summed E-state index contributed by atoms with van der Waals surface area (Å²) in [5.74, 6) is -0.161. The fourth-order valence-corrected chi connectivity index (χ4v) is 1.06. The van der Waals surface area contributed by atoms with Gasteiger partial charge in [0, 0.05) is 6.54 Å². The molecule has 2 heteroatoms. The van der Waals surface area contributed by atoms with Crippen LogP contribution in [0.3, 0.4) is 0 Å². The summed E-state index contributed by atoms with van der Waals surface area (Å²) in [6.45, 7) is 7.85. The van der Waals surface area contributed by atoms with Crippen LogP contribution in [0.2, 0.25) is 0 Å². The molecule has 0 radical (unpaired) electrons. The van der Waals surface area contributed by atoms with Gasteiger partial charge in [-0.1, -0.05) is 32.9 Å². The maximum Gasteiger partial charge on any atom is 0.123 e. The summed E-state index contributed by atoms with van der Waals surface area (Å²) in [6, 6.07) is 6.68. The van der Waals surface area contributed by atoms with E-state index in [9.17, 15) is 4.39 Å². The predicted molar refractivity (Wildman–Crippen MR) is 59.7 cm³/mol. The SMILES string of the molecule is CC.CCCNCc1cccc(F)c1. The molecule has 0 bridgehead atoms. The van der Waals surface area contributed by atoms with E-state index in [1.807, 2.05) is 19.9 Å². The summed E-state index contributed by atoms with van der Waals surface area (Å²) in [7, 11) is 0. The molecule has 0 saturated carbocycles. The Kier molecular flexibility index (Phi) is 8.14. The molecule has 1 N–H and O–H groups in total. The van der Waals surface area contributed by atoms with E-state index in [1.54, 1.807) is 12.1 Å². The predicted octanol–water partition coefficient (Wildman–Crippen LogP) is 3.35. The van der Waals surface area contributed by atoms with Gasteiger partial charge in [0.25, 0.3) is 0 Å². The first kappa shape index (κ1) is 13.1. The topological polar surface area (TPSA) is 12.0 Å². The van der Waals surface area contributed by atoms with Crippen molar-refractivity contribution < 1.29 is 4.39 Å². The number of rotatable bonds is 4. The van der Waals surface area contributed by atoms with Crippen LogP contribution in [0, 0.1) is 5.82 Å². The van der Waals surface area contributed by atoms with Crippen molar-refractivity contribution in [3.8, 4) is 0 Å². The Morgan fingerprint density at radius 2 is 2.00 bits per heavy atom. The van der Waals surface area contributed by atoms with Crippen molar-refractivity contribution in [2.75, 3.05) is 6.54 Å². The standard InChI is InChI=1S/C10H14FN.C2H6/c1-2-6-12-8-9-4-3-5-10(11)7-9;1-2/h3-5,7,12H,2,6,8H2,1H3;1-2H3. The molecule has 1 aromatic carbocycles. The minimum Gasteiger partial charge on any atom is -0.313 e. The van der Waals surface area contributed by atoms with Crippen molar-refractivity contribution in [2.45, 2.75) is 33.7 Å². The van der Waals surface area contributed by atoms with Crippen LogP contribution in [0.1, 0.15) is 32.8 Å². The summed E-state index contributed by atoms with van der Waals surface area (Å²) >= 11 is 0. The Morgan fingerprint density at radius 3 is 2.57 bits per heavy atom. The summed E-state index contributed by atoms with van der Waals surface area (Å²) in [4.78, 5) is 0. The van der Waals surface area contributed by atoms with Crippen molar-refractivity contribution in [1.29, 1.82) is 0 Å². The third-order valence-corrected chi connectivity index (χ3v) is 1.64. The van der Waals surface area contributed by atoms with Crippen molar-refractivity contribution in [3.05, 3.63) is 35.6 Å². The summed E-state index contributed by atoms with van der Waals surface area (Å²) in [5.41, 5.74) is 1.00. The van der Waals surface area contributed by atoms with Gasteiger partial charge in [-0.25, -0.2) is 4.39 Å². The monoisotopic (exact) mass is 197 g/mol. The van der Waals surface area contributed by atoms with Gasteiger partial charge in [-0.15, -0.1) is 0 Å². The van der Waals surface area contributed by atoms with E-state index in [2.05, 4.69) is 12.2 Å². The molecule has 0 aliphatic rings. The van der Waals surface area contributed by atoms with Gasteiger partial charge in [-0.2, -0.15) is 0 Å². The molecule has 1 nitrogen and oxygen atoms in total. The highest BCUT2D eigenvalue weighted by Crippen LogP contribution is 2.02. The van der Waals surface area contributed by atoms with E-state index in [1.165, 1.54) is 6.07 Å². The van der Waals surface area contributed by atoms with Crippen LogP contribution in [0.25, 0.3) is 0 Å². The van der Waals surface area contributed by atoms with Crippen molar-refractivity contribution in [3.63, 3.8) is 0 Å². The largest absolute Gasteiger partial charge is 0.313 e. The normalized spacial score (nSPS) is 9.14. The lowest BCUT2D eigenvalue weighted by Crippen LogP contribution is -2.13. The van der Waals surface area contributed by atoms with Crippen LogP contribution in [0.15, 0.2) is 24.3 Å². The summed E-state index contributed by atoms with van der Waals surface area (Å²) in [5, 5.41) is 3.21. The molecule has 80 valence electrons. The molecular formula is C12H20FN. The minimum absolute atomic E-state index is 0.161. The maximum absolute atomic E-state index is 12.6. The molecule has 14 heavy (non-hydrogen) atoms. The minimum atomic E-state index is -0.161. The quantitative estimate of drug-likeness (QED) is 0.730.